The Bertz CT molecular complexity index is 542. The molecule has 0 aromatic heterocycles. The van der Waals surface area contributed by atoms with E-state index in [-0.39, 0.29) is 0 Å². The number of hydrogen-bond donors (Lipinski definition) is 0. The molecule has 0 nitrogen and oxygen atoms in total. The minimum Gasteiger partial charge on any atom is -0.110 e. The first kappa shape index (κ1) is 35.8. The lowest BCUT2D eigenvalue weighted by atomic mass is 10.2. The maximum atomic E-state index is 3.22. The van der Waals surface area contributed by atoms with Crippen molar-refractivity contribution in [2.45, 2.75) is 155 Å². The van der Waals surface area contributed by atoms with Crippen LogP contribution in [0, 0.1) is 0 Å². The van der Waals surface area contributed by atoms with Crippen LogP contribution in [0.1, 0.15) is 125 Å². The van der Waals surface area contributed by atoms with Crippen LogP contribution >= 0.6 is 87.2 Å². The van der Waals surface area contributed by atoms with Crippen LogP contribution in [0.15, 0.2) is 0 Å². The molecule has 0 saturated heterocycles. The van der Waals surface area contributed by atoms with Gasteiger partial charge in [-0.2, -0.15) is 0 Å². The van der Waals surface area contributed by atoms with Crippen LogP contribution in [-0.4, -0.2) is 19.4 Å². The molecule has 0 aromatic rings. The Morgan fingerprint density at radius 2 is 0.375 bits per heavy atom. The van der Waals surface area contributed by atoms with Crippen LogP contribution in [0.25, 0.3) is 0 Å². The third-order valence-corrected chi connectivity index (χ3v) is 175. The summed E-state index contributed by atoms with van der Waals surface area (Å²) in [4.78, 5) is 0. The summed E-state index contributed by atoms with van der Waals surface area (Å²) >= 11 is 12.9. The van der Waals surface area contributed by atoms with Gasteiger partial charge in [0, 0.05) is 0 Å². The van der Waals surface area contributed by atoms with Crippen molar-refractivity contribution in [1.82, 2.24) is 0 Å². The monoisotopic (exact) mass is 962 g/mol. The topological polar surface area (TPSA) is 0 Å². The van der Waals surface area contributed by atoms with Gasteiger partial charge >= 0.3 is 0 Å². The Labute approximate surface area is 257 Å². The van der Waals surface area contributed by atoms with Gasteiger partial charge < -0.3 is 0 Å². The number of halogens is 4. The molecule has 0 aliphatic carbocycles. The summed E-state index contributed by atoms with van der Waals surface area (Å²) in [5.74, 6) is 0. The van der Waals surface area contributed by atoms with Crippen LogP contribution in [0.5, 0.6) is 0 Å². The van der Waals surface area contributed by atoms with E-state index in [0.29, 0.717) is 30.2 Å². The van der Waals surface area contributed by atoms with Crippen molar-refractivity contribution in [3.8, 4) is 0 Å². The molecule has 0 spiro atoms. The SMILES string of the molecule is CC(C)(C)[Si](C(C)(C)C)(C(C)(C)C)[Si](I)(I)[Si](I)(I)[Si](C(C)(C)C)(C(C)(C)C)C(C)(C)C. The summed E-state index contributed by atoms with van der Waals surface area (Å²) in [5.41, 5.74) is 0. The van der Waals surface area contributed by atoms with Crippen molar-refractivity contribution in [3.63, 3.8) is 0 Å². The molecular formula is C24H54I4Si4. The Kier molecular flexibility index (Phi) is 10.9. The minimum atomic E-state index is -1.92. The first-order valence-electron chi connectivity index (χ1n) is 12.0. The van der Waals surface area contributed by atoms with Gasteiger partial charge in [0.2, 0.25) is 0 Å². The standard InChI is InChI=1S/C24H54I4Si4/c1-19(2,3)29(20(4,5)6,21(7,8)9)31(25,26)32(27,28)30(22(10,11)12,23(13,14)15)24(16,17)18/h1-18H3. The third-order valence-electron chi connectivity index (χ3n) is 8.09. The zero-order chi connectivity index (χ0) is 27.0. The van der Waals surface area contributed by atoms with Crippen molar-refractivity contribution in [2.75, 3.05) is 0 Å². The molecule has 0 unspecified atom stereocenters. The van der Waals surface area contributed by atoms with E-state index in [1.54, 1.807) is 0 Å². The highest BCUT2D eigenvalue weighted by molar-refractivity contribution is 14.3. The zero-order valence-corrected chi connectivity index (χ0v) is 37.1. The van der Waals surface area contributed by atoms with Crippen molar-refractivity contribution in [2.24, 2.45) is 0 Å². The quantitative estimate of drug-likeness (QED) is 0.150. The molecule has 0 atom stereocenters. The molecule has 32 heavy (non-hydrogen) atoms. The summed E-state index contributed by atoms with van der Waals surface area (Å²) < 4.78 is -3.66. The molecule has 0 rings (SSSR count). The minimum absolute atomic E-state index is 0.348. The average Bonchev–Trinajstić information content (AvgIpc) is 2.25. The second-order valence-corrected chi connectivity index (χ2v) is 103. The second-order valence-electron chi connectivity index (χ2n) is 16.1. The summed E-state index contributed by atoms with van der Waals surface area (Å²) in [6.07, 6.45) is 0. The lowest BCUT2D eigenvalue weighted by molar-refractivity contribution is 0.552. The van der Waals surface area contributed by atoms with E-state index in [1.165, 1.54) is 0 Å². The predicted molar refractivity (Wildman–Crippen MR) is 197 cm³/mol. The molecule has 0 amide bonds. The lowest BCUT2D eigenvalue weighted by Gasteiger charge is -2.72. The summed E-state index contributed by atoms with van der Waals surface area (Å²) in [5, 5.41) is 2.09. The average molecular weight is 963 g/mol. The number of hydrogen-bond acceptors (Lipinski definition) is 0. The Balaban J connectivity index is 8.24. The van der Waals surface area contributed by atoms with E-state index in [2.05, 4.69) is 212 Å². The fourth-order valence-corrected chi connectivity index (χ4v) is 220. The molecule has 0 N–H and O–H groups in total. The highest BCUT2D eigenvalue weighted by Gasteiger charge is 2.83. The van der Waals surface area contributed by atoms with Gasteiger partial charge in [0.15, 0.2) is 4.20 Å². The first-order chi connectivity index (χ1) is 13.2. The zero-order valence-electron chi connectivity index (χ0n) is 24.5. The van der Waals surface area contributed by atoms with Crippen LogP contribution in [0.3, 0.4) is 0 Å². The summed E-state index contributed by atoms with van der Waals surface area (Å²) in [6, 6.07) is 0. The molecule has 0 aliphatic rings. The molecule has 0 radical (unpaired) electrons. The fourth-order valence-electron chi connectivity index (χ4n) is 10.0. The van der Waals surface area contributed by atoms with E-state index in [9.17, 15) is 0 Å². The normalized spacial score (nSPS) is 17.1. The maximum absolute atomic E-state index is 3.22. The smallest absolute Gasteiger partial charge is 0.110 e. The molecule has 0 saturated carbocycles. The van der Waals surface area contributed by atoms with Gasteiger partial charge in [0.25, 0.3) is 0 Å². The van der Waals surface area contributed by atoms with Gasteiger partial charge in [-0.15, -0.1) is 87.2 Å². The first-order valence-corrected chi connectivity index (χ1v) is 35.5. The van der Waals surface area contributed by atoms with Gasteiger partial charge in [0.1, 0.15) is 0 Å². The van der Waals surface area contributed by atoms with E-state index < -0.39 is 19.4 Å². The molecule has 0 heterocycles. The third kappa shape index (κ3) is 5.05. The van der Waals surface area contributed by atoms with Crippen LogP contribution < -0.4 is 0 Å². The van der Waals surface area contributed by atoms with Gasteiger partial charge in [0.05, 0.1) is 15.2 Å². The van der Waals surface area contributed by atoms with Gasteiger partial charge in [-0.05, 0) is 30.2 Å². The Morgan fingerprint density at radius 1 is 0.281 bits per heavy atom. The van der Waals surface area contributed by atoms with Crippen molar-refractivity contribution in [1.29, 1.82) is 0 Å². The predicted octanol–water partition coefficient (Wildman–Crippen LogP) is 12.5. The van der Waals surface area contributed by atoms with Crippen LogP contribution in [0.4, 0.5) is 0 Å². The lowest BCUT2D eigenvalue weighted by Crippen LogP contribution is -2.87. The van der Waals surface area contributed by atoms with Crippen molar-refractivity contribution in [3.05, 3.63) is 0 Å². The summed E-state index contributed by atoms with van der Waals surface area (Å²) in [7, 11) is -3.83. The van der Waals surface area contributed by atoms with Crippen molar-refractivity contribution >= 4 is 107 Å². The molecule has 194 valence electrons. The van der Waals surface area contributed by atoms with E-state index in [4.69, 9.17) is 0 Å². The largest absolute Gasteiger partial charge is 0.195 e. The fraction of sp³-hybridized carbons (Fsp3) is 1.00. The molecule has 8 heteroatoms. The van der Waals surface area contributed by atoms with Gasteiger partial charge in [-0.1, -0.05) is 125 Å². The van der Waals surface area contributed by atoms with Crippen molar-refractivity contribution < 1.29 is 0 Å². The van der Waals surface area contributed by atoms with Crippen LogP contribution in [-0.2, 0) is 0 Å². The number of rotatable bonds is 3. The highest BCUT2D eigenvalue weighted by atomic mass is 127. The Morgan fingerprint density at radius 3 is 0.438 bits per heavy atom. The van der Waals surface area contributed by atoms with Gasteiger partial charge in [-0.25, -0.2) is 0 Å². The molecule has 0 fully saturated rings. The highest BCUT2D eigenvalue weighted by Crippen LogP contribution is 2.77. The van der Waals surface area contributed by atoms with Crippen LogP contribution in [0.2, 0.25) is 30.2 Å². The molecular weight excluding hydrogens is 908 g/mol. The second kappa shape index (κ2) is 9.76. The maximum Gasteiger partial charge on any atom is 0.195 e. The molecule has 0 bridgehead atoms. The molecule has 0 aromatic carbocycles. The Hall–Kier alpha value is 3.79. The van der Waals surface area contributed by atoms with E-state index in [0.717, 1.165) is 0 Å². The van der Waals surface area contributed by atoms with E-state index in [1.807, 2.05) is 0 Å². The summed E-state index contributed by atoms with van der Waals surface area (Å²) in [6.45, 7) is 47.3. The van der Waals surface area contributed by atoms with Gasteiger partial charge in [-0.3, -0.25) is 0 Å². The molecule has 0 aliphatic heterocycles. The van der Waals surface area contributed by atoms with E-state index >= 15 is 0 Å².